The number of carbonyl (C=O) groups is 2. The predicted octanol–water partition coefficient (Wildman–Crippen LogP) is 5.42. The molecule has 3 rings (SSSR count). The first-order valence-corrected chi connectivity index (χ1v) is 10.3. The first-order valence-electron chi connectivity index (χ1n) is 10.3. The van der Waals surface area contributed by atoms with Gasteiger partial charge in [0.1, 0.15) is 23.1 Å². The van der Waals surface area contributed by atoms with Crippen molar-refractivity contribution in [2.24, 2.45) is 0 Å². The topological polar surface area (TPSA) is 83.6 Å². The van der Waals surface area contributed by atoms with E-state index in [1.807, 2.05) is 0 Å². The maximum Gasteiger partial charge on any atom is 0.413 e. The molecule has 2 N–H and O–H groups in total. The zero-order valence-corrected chi connectivity index (χ0v) is 18.2. The Morgan fingerprint density at radius 1 is 1.09 bits per heavy atom. The lowest BCUT2D eigenvalue weighted by Crippen LogP contribution is -2.39. The molecule has 170 valence electrons. The fourth-order valence-corrected chi connectivity index (χ4v) is 3.14. The highest BCUT2D eigenvalue weighted by Crippen LogP contribution is 2.22. The zero-order chi connectivity index (χ0) is 23.3. The normalized spacial score (nSPS) is 14.0. The summed E-state index contributed by atoms with van der Waals surface area (Å²) in [5.41, 5.74) is 1.03. The molecule has 7 nitrogen and oxygen atoms in total. The van der Waals surface area contributed by atoms with Gasteiger partial charge in [-0.3, -0.25) is 5.32 Å². The molecular weight excluding hydrogens is 418 g/mol. The van der Waals surface area contributed by atoms with Crippen LogP contribution in [-0.4, -0.2) is 40.7 Å². The molecule has 0 saturated carbocycles. The minimum Gasteiger partial charge on any atom is -0.444 e. The predicted molar refractivity (Wildman–Crippen MR) is 118 cm³/mol. The molecule has 2 aromatic rings. The second kappa shape index (κ2) is 9.76. The summed E-state index contributed by atoms with van der Waals surface area (Å²) < 4.78 is 32.3. The minimum absolute atomic E-state index is 0.212. The van der Waals surface area contributed by atoms with Crippen LogP contribution < -0.4 is 10.6 Å². The second-order valence-electron chi connectivity index (χ2n) is 8.44. The molecule has 1 fully saturated rings. The van der Waals surface area contributed by atoms with Crippen molar-refractivity contribution in [3.8, 4) is 0 Å². The van der Waals surface area contributed by atoms with Gasteiger partial charge in [-0.25, -0.2) is 23.4 Å². The Labute approximate surface area is 185 Å². The summed E-state index contributed by atoms with van der Waals surface area (Å²) in [6, 6.07) is 6.25. The van der Waals surface area contributed by atoms with Gasteiger partial charge in [-0.15, -0.1) is 0 Å². The van der Waals surface area contributed by atoms with Crippen LogP contribution in [0.25, 0.3) is 6.08 Å². The number of rotatable bonds is 3. The summed E-state index contributed by atoms with van der Waals surface area (Å²) in [4.78, 5) is 30.0. The molecule has 0 spiro atoms. The third kappa shape index (κ3) is 6.76. The largest absolute Gasteiger partial charge is 0.444 e. The number of carbonyl (C=O) groups excluding carboxylic acids is 2. The van der Waals surface area contributed by atoms with Crippen molar-refractivity contribution in [1.29, 1.82) is 0 Å². The Kier molecular flexibility index (Phi) is 7.07. The van der Waals surface area contributed by atoms with Crippen LogP contribution in [0.2, 0.25) is 0 Å². The minimum atomic E-state index is -0.618. The average molecular weight is 444 g/mol. The standard InChI is InChI=1S/C23H26F2N4O3/c1-23(2,3)32-22(31)28-20-7-5-18(14-26-20)27-21(30)29-10-8-15(9-11-29)12-16-13-17(24)4-6-19(16)25/h4-7,12-14H,8-11H2,1-3H3,(H,27,30)(H,26,28,31). The molecule has 2 heterocycles. The molecule has 0 atom stereocenters. The van der Waals surface area contributed by atoms with E-state index in [-0.39, 0.29) is 11.6 Å². The summed E-state index contributed by atoms with van der Waals surface area (Å²) in [7, 11) is 0. The average Bonchev–Trinajstić information content (AvgIpc) is 2.71. The smallest absolute Gasteiger partial charge is 0.413 e. The van der Waals surface area contributed by atoms with Gasteiger partial charge in [-0.2, -0.15) is 0 Å². The Bertz CT molecular complexity index is 1010. The van der Waals surface area contributed by atoms with E-state index in [1.165, 1.54) is 6.20 Å². The lowest BCUT2D eigenvalue weighted by molar-refractivity contribution is 0.0635. The van der Waals surface area contributed by atoms with Crippen LogP contribution in [0.5, 0.6) is 0 Å². The molecule has 1 aliphatic heterocycles. The van der Waals surface area contributed by atoms with E-state index >= 15 is 0 Å². The summed E-state index contributed by atoms with van der Waals surface area (Å²) in [6.45, 7) is 6.20. The molecular formula is C23H26F2N4O3. The third-order valence-electron chi connectivity index (χ3n) is 4.65. The number of ether oxygens (including phenoxy) is 1. The van der Waals surface area contributed by atoms with Crippen LogP contribution >= 0.6 is 0 Å². The Morgan fingerprint density at radius 2 is 1.81 bits per heavy atom. The number of aromatic nitrogens is 1. The molecule has 1 aromatic carbocycles. The highest BCUT2D eigenvalue weighted by atomic mass is 19.1. The maximum atomic E-state index is 13.8. The SMILES string of the molecule is CC(C)(C)OC(=O)Nc1ccc(NC(=O)N2CCC(=Cc3cc(F)ccc3F)CC2)cn1. The fraction of sp³-hybridized carbons (Fsp3) is 0.348. The molecule has 1 aromatic heterocycles. The summed E-state index contributed by atoms with van der Waals surface area (Å²) >= 11 is 0. The first kappa shape index (κ1) is 23.2. The summed E-state index contributed by atoms with van der Waals surface area (Å²) in [6.07, 6.45) is 3.61. The van der Waals surface area contributed by atoms with Gasteiger partial charge >= 0.3 is 12.1 Å². The molecule has 3 amide bonds. The molecule has 0 bridgehead atoms. The van der Waals surface area contributed by atoms with Gasteiger partial charge < -0.3 is 15.0 Å². The number of piperidine rings is 1. The Morgan fingerprint density at radius 3 is 2.44 bits per heavy atom. The lowest BCUT2D eigenvalue weighted by Gasteiger charge is -2.28. The number of halogens is 2. The van der Waals surface area contributed by atoms with Crippen molar-refractivity contribution >= 4 is 29.7 Å². The molecule has 0 radical (unpaired) electrons. The van der Waals surface area contributed by atoms with Crippen molar-refractivity contribution in [1.82, 2.24) is 9.88 Å². The van der Waals surface area contributed by atoms with Crippen molar-refractivity contribution in [3.05, 3.63) is 59.3 Å². The van der Waals surface area contributed by atoms with Crippen molar-refractivity contribution in [2.45, 2.75) is 39.2 Å². The first-order chi connectivity index (χ1) is 15.1. The van der Waals surface area contributed by atoms with Crippen LogP contribution in [0.1, 0.15) is 39.2 Å². The van der Waals surface area contributed by atoms with E-state index in [4.69, 9.17) is 4.74 Å². The van der Waals surface area contributed by atoms with Gasteiger partial charge in [-0.05, 0) is 63.9 Å². The van der Waals surface area contributed by atoms with Crippen LogP contribution in [0, 0.1) is 11.6 Å². The number of nitrogens with one attached hydrogen (secondary N) is 2. The number of amides is 3. The van der Waals surface area contributed by atoms with E-state index < -0.39 is 23.3 Å². The van der Waals surface area contributed by atoms with Crippen molar-refractivity contribution in [3.63, 3.8) is 0 Å². The highest BCUT2D eigenvalue weighted by molar-refractivity contribution is 5.90. The quantitative estimate of drug-likeness (QED) is 0.662. The number of nitrogens with zero attached hydrogens (tertiary/aromatic N) is 2. The number of anilines is 2. The number of hydrogen-bond acceptors (Lipinski definition) is 4. The number of likely N-dealkylation sites (tertiary alicyclic amines) is 1. The molecule has 9 heteroatoms. The van der Waals surface area contributed by atoms with E-state index in [0.29, 0.717) is 37.4 Å². The molecule has 0 aliphatic carbocycles. The highest BCUT2D eigenvalue weighted by Gasteiger charge is 2.20. The van der Waals surface area contributed by atoms with Gasteiger partial charge in [0.2, 0.25) is 0 Å². The van der Waals surface area contributed by atoms with Gasteiger partial charge in [-0.1, -0.05) is 11.6 Å². The van der Waals surface area contributed by atoms with Gasteiger partial charge in [0.25, 0.3) is 0 Å². The molecule has 0 unspecified atom stereocenters. The van der Waals surface area contributed by atoms with Crippen molar-refractivity contribution < 1.29 is 23.1 Å². The summed E-state index contributed by atoms with van der Waals surface area (Å²) in [5, 5.41) is 5.29. The van der Waals surface area contributed by atoms with E-state index in [2.05, 4.69) is 15.6 Å². The number of hydrogen-bond donors (Lipinski definition) is 2. The number of urea groups is 1. The van der Waals surface area contributed by atoms with Crippen LogP contribution in [0.4, 0.5) is 29.9 Å². The van der Waals surface area contributed by atoms with E-state index in [0.717, 1.165) is 23.8 Å². The maximum absolute atomic E-state index is 13.8. The van der Waals surface area contributed by atoms with Gasteiger partial charge in [0.05, 0.1) is 11.9 Å². The van der Waals surface area contributed by atoms with Gasteiger partial charge in [0.15, 0.2) is 0 Å². The zero-order valence-electron chi connectivity index (χ0n) is 18.2. The second-order valence-corrected chi connectivity index (χ2v) is 8.44. The third-order valence-corrected chi connectivity index (χ3v) is 4.65. The van der Waals surface area contributed by atoms with Crippen LogP contribution in [0.3, 0.4) is 0 Å². The molecule has 32 heavy (non-hydrogen) atoms. The van der Waals surface area contributed by atoms with E-state index in [9.17, 15) is 18.4 Å². The Hall–Kier alpha value is -3.49. The molecule has 1 saturated heterocycles. The summed E-state index contributed by atoms with van der Waals surface area (Å²) in [5.74, 6) is -0.665. The van der Waals surface area contributed by atoms with Crippen LogP contribution in [-0.2, 0) is 4.74 Å². The number of pyridine rings is 1. The van der Waals surface area contributed by atoms with Gasteiger partial charge in [0, 0.05) is 18.7 Å². The van der Waals surface area contributed by atoms with Crippen LogP contribution in [0.15, 0.2) is 42.1 Å². The fourth-order valence-electron chi connectivity index (χ4n) is 3.14. The lowest BCUT2D eigenvalue weighted by atomic mass is 10.0. The molecule has 1 aliphatic rings. The van der Waals surface area contributed by atoms with E-state index in [1.54, 1.807) is 43.9 Å². The number of benzene rings is 1. The van der Waals surface area contributed by atoms with Crippen molar-refractivity contribution in [2.75, 3.05) is 23.7 Å². The Balaban J connectivity index is 1.51. The monoisotopic (exact) mass is 444 g/mol.